The first-order valence-corrected chi connectivity index (χ1v) is 6.29. The minimum Gasteiger partial charge on any atom is -0.391 e. The van der Waals surface area contributed by atoms with E-state index in [1.165, 1.54) is 12.1 Å². The number of amides is 1. The third kappa shape index (κ3) is 4.06. The van der Waals surface area contributed by atoms with Gasteiger partial charge in [0.2, 0.25) is 0 Å². The Morgan fingerprint density at radius 1 is 1.47 bits per heavy atom. The standard InChI is InChI=1S/C12H19N3O4/c1-3-8(4-2)10(16)7-13-12(17)9-5-6-11(14-9)15(18)19/h5-6,8,10,14,16H,3-4,7H2,1-2H3,(H,13,17). The van der Waals surface area contributed by atoms with Crippen LogP contribution in [0.4, 0.5) is 5.82 Å². The van der Waals surface area contributed by atoms with Crippen molar-refractivity contribution in [2.24, 2.45) is 5.92 Å². The van der Waals surface area contributed by atoms with Crippen molar-refractivity contribution in [2.45, 2.75) is 32.8 Å². The molecule has 0 saturated carbocycles. The number of aliphatic hydroxyl groups excluding tert-OH is 1. The van der Waals surface area contributed by atoms with Crippen molar-refractivity contribution < 1.29 is 14.8 Å². The number of hydrogen-bond acceptors (Lipinski definition) is 4. The van der Waals surface area contributed by atoms with Gasteiger partial charge in [-0.05, 0) is 16.9 Å². The number of carbonyl (C=O) groups excluding carboxylic acids is 1. The van der Waals surface area contributed by atoms with Crippen LogP contribution in [0.5, 0.6) is 0 Å². The molecule has 1 atom stereocenters. The summed E-state index contributed by atoms with van der Waals surface area (Å²) in [7, 11) is 0. The lowest BCUT2D eigenvalue weighted by atomic mass is 9.96. The highest BCUT2D eigenvalue weighted by atomic mass is 16.6. The lowest BCUT2D eigenvalue weighted by molar-refractivity contribution is -0.389. The Labute approximate surface area is 111 Å². The van der Waals surface area contributed by atoms with E-state index >= 15 is 0 Å². The Morgan fingerprint density at radius 2 is 2.11 bits per heavy atom. The van der Waals surface area contributed by atoms with Crippen molar-refractivity contribution >= 4 is 11.7 Å². The van der Waals surface area contributed by atoms with E-state index < -0.39 is 16.9 Å². The van der Waals surface area contributed by atoms with E-state index in [2.05, 4.69) is 10.3 Å². The van der Waals surface area contributed by atoms with Crippen LogP contribution in [0.3, 0.4) is 0 Å². The maximum atomic E-state index is 11.7. The fraction of sp³-hybridized carbons (Fsp3) is 0.583. The Bertz CT molecular complexity index is 440. The molecule has 0 bridgehead atoms. The van der Waals surface area contributed by atoms with Gasteiger partial charge in [-0.15, -0.1) is 0 Å². The molecule has 0 radical (unpaired) electrons. The van der Waals surface area contributed by atoms with Gasteiger partial charge >= 0.3 is 5.82 Å². The van der Waals surface area contributed by atoms with Crippen molar-refractivity contribution in [2.75, 3.05) is 6.54 Å². The third-order valence-corrected chi connectivity index (χ3v) is 3.18. The smallest absolute Gasteiger partial charge is 0.321 e. The van der Waals surface area contributed by atoms with Crippen LogP contribution in [0.15, 0.2) is 12.1 Å². The molecule has 1 amide bonds. The molecule has 0 saturated heterocycles. The van der Waals surface area contributed by atoms with E-state index in [0.29, 0.717) is 0 Å². The molecule has 7 nitrogen and oxygen atoms in total. The van der Waals surface area contributed by atoms with Crippen LogP contribution in [0.2, 0.25) is 0 Å². The molecule has 0 aromatic carbocycles. The van der Waals surface area contributed by atoms with Crippen molar-refractivity contribution in [3.05, 3.63) is 27.9 Å². The van der Waals surface area contributed by atoms with Crippen LogP contribution in [0.1, 0.15) is 37.2 Å². The number of rotatable bonds is 7. The zero-order valence-electron chi connectivity index (χ0n) is 11.0. The fourth-order valence-corrected chi connectivity index (χ4v) is 1.91. The summed E-state index contributed by atoms with van der Waals surface area (Å²) in [4.78, 5) is 24.0. The molecule has 1 aromatic rings. The third-order valence-electron chi connectivity index (χ3n) is 3.18. The van der Waals surface area contributed by atoms with Gasteiger partial charge in [-0.25, -0.2) is 4.98 Å². The normalized spacial score (nSPS) is 12.4. The largest absolute Gasteiger partial charge is 0.391 e. The van der Waals surface area contributed by atoms with Gasteiger partial charge in [0.25, 0.3) is 5.91 Å². The average Bonchev–Trinajstić information content (AvgIpc) is 2.87. The van der Waals surface area contributed by atoms with E-state index in [-0.39, 0.29) is 24.0 Å². The Kier molecular flexibility index (Phi) is 5.50. The second-order valence-electron chi connectivity index (χ2n) is 4.37. The van der Waals surface area contributed by atoms with Gasteiger partial charge in [0.1, 0.15) is 0 Å². The first-order chi connectivity index (χ1) is 8.99. The molecule has 0 fully saturated rings. The number of H-pyrrole nitrogens is 1. The predicted octanol–water partition coefficient (Wildman–Crippen LogP) is 1.45. The van der Waals surface area contributed by atoms with Crippen LogP contribution >= 0.6 is 0 Å². The molecule has 0 aliphatic rings. The summed E-state index contributed by atoms with van der Waals surface area (Å²) in [6, 6.07) is 2.57. The summed E-state index contributed by atoms with van der Waals surface area (Å²) in [5.41, 5.74) is 0.114. The van der Waals surface area contributed by atoms with Crippen LogP contribution in [-0.2, 0) is 0 Å². The van der Waals surface area contributed by atoms with Gasteiger partial charge < -0.3 is 20.5 Å². The lowest BCUT2D eigenvalue weighted by Crippen LogP contribution is -2.36. The number of nitro groups is 1. The molecule has 19 heavy (non-hydrogen) atoms. The molecule has 0 aliphatic heterocycles. The number of nitrogens with one attached hydrogen (secondary N) is 2. The molecule has 106 valence electrons. The van der Waals surface area contributed by atoms with Crippen molar-refractivity contribution in [3.8, 4) is 0 Å². The fourth-order valence-electron chi connectivity index (χ4n) is 1.91. The second-order valence-corrected chi connectivity index (χ2v) is 4.37. The van der Waals surface area contributed by atoms with Crippen LogP contribution < -0.4 is 5.32 Å². The van der Waals surface area contributed by atoms with Crippen LogP contribution in [0, 0.1) is 16.0 Å². The highest BCUT2D eigenvalue weighted by Gasteiger charge is 2.19. The summed E-state index contributed by atoms with van der Waals surface area (Å²) in [6.07, 6.45) is 1.06. The van der Waals surface area contributed by atoms with E-state index in [9.17, 15) is 20.0 Å². The predicted molar refractivity (Wildman–Crippen MR) is 69.9 cm³/mol. The van der Waals surface area contributed by atoms with E-state index in [1.807, 2.05) is 13.8 Å². The first-order valence-electron chi connectivity index (χ1n) is 6.29. The quantitative estimate of drug-likeness (QED) is 0.514. The Morgan fingerprint density at radius 3 is 2.58 bits per heavy atom. The van der Waals surface area contributed by atoms with Crippen molar-refractivity contribution in [1.29, 1.82) is 0 Å². The molecule has 1 unspecified atom stereocenters. The minimum atomic E-state index is -0.608. The number of aromatic nitrogens is 1. The zero-order valence-corrected chi connectivity index (χ0v) is 11.0. The number of nitrogens with zero attached hydrogens (tertiary/aromatic N) is 1. The van der Waals surface area contributed by atoms with Crippen molar-refractivity contribution in [3.63, 3.8) is 0 Å². The summed E-state index contributed by atoms with van der Waals surface area (Å²) >= 11 is 0. The number of aliphatic hydroxyl groups is 1. The molecular formula is C12H19N3O4. The summed E-state index contributed by atoms with van der Waals surface area (Å²) in [5, 5.41) is 22.9. The average molecular weight is 269 g/mol. The molecular weight excluding hydrogens is 250 g/mol. The van der Waals surface area contributed by atoms with Gasteiger partial charge in [0.15, 0.2) is 5.69 Å². The van der Waals surface area contributed by atoms with Crippen LogP contribution in [-0.4, -0.2) is 33.6 Å². The van der Waals surface area contributed by atoms with E-state index in [0.717, 1.165) is 12.8 Å². The Hall–Kier alpha value is -1.89. The number of aromatic amines is 1. The number of hydrogen-bond donors (Lipinski definition) is 3. The summed E-state index contributed by atoms with van der Waals surface area (Å²) in [5.74, 6) is -0.554. The van der Waals surface area contributed by atoms with Crippen LogP contribution in [0.25, 0.3) is 0 Å². The Balaban J connectivity index is 2.53. The molecule has 0 spiro atoms. The van der Waals surface area contributed by atoms with Gasteiger partial charge in [-0.2, -0.15) is 0 Å². The molecule has 1 rings (SSSR count). The van der Waals surface area contributed by atoms with Gasteiger partial charge in [-0.3, -0.25) is 4.79 Å². The zero-order chi connectivity index (χ0) is 14.4. The minimum absolute atomic E-state index is 0.114. The molecule has 1 heterocycles. The van der Waals surface area contributed by atoms with Gasteiger partial charge in [0, 0.05) is 12.6 Å². The summed E-state index contributed by atoms with van der Waals surface area (Å²) in [6.45, 7) is 4.10. The van der Waals surface area contributed by atoms with Gasteiger partial charge in [-0.1, -0.05) is 26.7 Å². The topological polar surface area (TPSA) is 108 Å². The van der Waals surface area contributed by atoms with E-state index in [1.54, 1.807) is 0 Å². The number of carbonyl (C=O) groups is 1. The summed E-state index contributed by atoms with van der Waals surface area (Å²) < 4.78 is 0. The van der Waals surface area contributed by atoms with Crippen molar-refractivity contribution in [1.82, 2.24) is 10.3 Å². The molecule has 1 aromatic heterocycles. The molecule has 7 heteroatoms. The lowest BCUT2D eigenvalue weighted by Gasteiger charge is -2.19. The van der Waals surface area contributed by atoms with Gasteiger partial charge in [0.05, 0.1) is 6.10 Å². The highest BCUT2D eigenvalue weighted by Crippen LogP contribution is 2.13. The highest BCUT2D eigenvalue weighted by molar-refractivity contribution is 5.92. The maximum absolute atomic E-state index is 11.7. The monoisotopic (exact) mass is 269 g/mol. The van der Waals surface area contributed by atoms with E-state index in [4.69, 9.17) is 0 Å². The first kappa shape index (κ1) is 15.2. The second kappa shape index (κ2) is 6.89. The SMILES string of the molecule is CCC(CC)C(O)CNC(=O)c1ccc([N+](=O)[O-])[nH]1. The maximum Gasteiger partial charge on any atom is 0.321 e. The molecule has 3 N–H and O–H groups in total. The molecule has 0 aliphatic carbocycles.